The largest absolute Gasteiger partial charge is 0.372 e. The summed E-state index contributed by atoms with van der Waals surface area (Å²) < 4.78 is 34.1. The van der Waals surface area contributed by atoms with E-state index in [0.29, 0.717) is 6.42 Å². The number of benzene rings is 2. The molecule has 124 valence electrons. The Hall–Kier alpha value is -1.21. The van der Waals surface area contributed by atoms with E-state index in [2.05, 4.69) is 20.7 Å². The Labute approximate surface area is 146 Å². The van der Waals surface area contributed by atoms with Gasteiger partial charge in [-0.05, 0) is 36.2 Å². The van der Waals surface area contributed by atoms with Crippen LogP contribution in [-0.4, -0.2) is 22.1 Å². The minimum atomic E-state index is -3.59. The lowest BCUT2D eigenvalue weighted by molar-refractivity contribution is -0.0133. The molecular weight excluding hydrogens is 378 g/mol. The Morgan fingerprint density at radius 2 is 1.70 bits per heavy atom. The molecule has 0 aliphatic carbocycles. The highest BCUT2D eigenvalue weighted by Crippen LogP contribution is 2.28. The van der Waals surface area contributed by atoms with Crippen molar-refractivity contribution in [1.29, 1.82) is 0 Å². The molecule has 0 saturated heterocycles. The van der Waals surface area contributed by atoms with Gasteiger partial charge in [-0.15, -0.1) is 0 Å². The number of methoxy groups -OCH3 is 1. The molecule has 6 heteroatoms. The molecule has 1 unspecified atom stereocenters. The molecule has 0 bridgehead atoms. The summed E-state index contributed by atoms with van der Waals surface area (Å²) in [6, 6.07) is 16.2. The molecule has 0 heterocycles. The third-order valence-electron chi connectivity index (χ3n) is 3.93. The van der Waals surface area contributed by atoms with Gasteiger partial charge in [0.05, 0.1) is 4.90 Å². The van der Waals surface area contributed by atoms with Crippen LogP contribution in [0.4, 0.5) is 0 Å². The van der Waals surface area contributed by atoms with Crippen LogP contribution in [0.3, 0.4) is 0 Å². The Morgan fingerprint density at radius 3 is 2.22 bits per heavy atom. The summed E-state index contributed by atoms with van der Waals surface area (Å²) in [5, 5.41) is 0. The lowest BCUT2D eigenvalue weighted by atomic mass is 9.91. The van der Waals surface area contributed by atoms with Gasteiger partial charge in [-0.2, -0.15) is 0 Å². The summed E-state index contributed by atoms with van der Waals surface area (Å²) in [5.41, 5.74) is 0.257. The van der Waals surface area contributed by atoms with Gasteiger partial charge in [-0.3, -0.25) is 0 Å². The van der Waals surface area contributed by atoms with Crippen LogP contribution in [0.25, 0.3) is 0 Å². The first-order chi connectivity index (χ1) is 10.9. The van der Waals surface area contributed by atoms with Gasteiger partial charge in [-0.1, -0.05) is 53.2 Å². The molecule has 2 aromatic rings. The average molecular weight is 398 g/mol. The van der Waals surface area contributed by atoms with Crippen molar-refractivity contribution < 1.29 is 13.2 Å². The predicted molar refractivity (Wildman–Crippen MR) is 94.8 cm³/mol. The Morgan fingerprint density at radius 1 is 1.09 bits per heavy atom. The first kappa shape index (κ1) is 18.1. The second kappa shape index (κ2) is 7.57. The van der Waals surface area contributed by atoms with E-state index in [9.17, 15) is 8.42 Å². The minimum absolute atomic E-state index is 0.169. The first-order valence-electron chi connectivity index (χ1n) is 7.29. The smallest absolute Gasteiger partial charge is 0.240 e. The van der Waals surface area contributed by atoms with Crippen molar-refractivity contribution in [1.82, 2.24) is 4.72 Å². The summed E-state index contributed by atoms with van der Waals surface area (Å²) in [6.07, 6.45) is 0.649. The highest BCUT2D eigenvalue weighted by Gasteiger charge is 2.32. The highest BCUT2D eigenvalue weighted by atomic mass is 79.9. The lowest BCUT2D eigenvalue weighted by Crippen LogP contribution is -2.41. The van der Waals surface area contributed by atoms with Gasteiger partial charge in [0.2, 0.25) is 10.0 Å². The molecule has 0 aliphatic rings. The number of hydrogen-bond donors (Lipinski definition) is 1. The summed E-state index contributed by atoms with van der Waals surface area (Å²) in [4.78, 5) is 0.231. The summed E-state index contributed by atoms with van der Waals surface area (Å²) in [6.45, 7) is 2.15. The van der Waals surface area contributed by atoms with Crippen molar-refractivity contribution in [2.24, 2.45) is 0 Å². The van der Waals surface area contributed by atoms with Gasteiger partial charge < -0.3 is 4.74 Å². The maximum Gasteiger partial charge on any atom is 0.240 e. The Bertz CT molecular complexity index is 726. The molecular formula is C17H20BrNO3S. The van der Waals surface area contributed by atoms with E-state index < -0.39 is 15.6 Å². The Balaban J connectivity index is 2.23. The molecule has 23 heavy (non-hydrogen) atoms. The SMILES string of the molecule is CCC(CNS(=O)(=O)c1ccc(Br)cc1)(OC)c1ccccc1. The molecule has 0 spiro atoms. The van der Waals surface area contributed by atoms with Gasteiger partial charge in [0, 0.05) is 18.1 Å². The molecule has 0 aliphatic heterocycles. The van der Waals surface area contributed by atoms with Gasteiger partial charge >= 0.3 is 0 Å². The zero-order valence-corrected chi connectivity index (χ0v) is 15.5. The van der Waals surface area contributed by atoms with Crippen molar-refractivity contribution in [2.75, 3.05) is 13.7 Å². The van der Waals surface area contributed by atoms with E-state index in [1.807, 2.05) is 37.3 Å². The second-order valence-electron chi connectivity index (χ2n) is 5.20. The number of sulfonamides is 1. The molecule has 2 aromatic carbocycles. The molecule has 1 atom stereocenters. The highest BCUT2D eigenvalue weighted by molar-refractivity contribution is 9.10. The molecule has 0 fully saturated rings. The van der Waals surface area contributed by atoms with Crippen LogP contribution >= 0.6 is 15.9 Å². The van der Waals surface area contributed by atoms with Crippen LogP contribution in [0.1, 0.15) is 18.9 Å². The normalized spacial score (nSPS) is 14.4. The van der Waals surface area contributed by atoms with Crippen LogP contribution in [0.15, 0.2) is 64.0 Å². The standard InChI is InChI=1S/C17H20BrNO3S/c1-3-17(22-2,14-7-5-4-6-8-14)13-19-23(20,21)16-11-9-15(18)10-12-16/h4-12,19H,3,13H2,1-2H3. The van der Waals surface area contributed by atoms with Gasteiger partial charge in [-0.25, -0.2) is 13.1 Å². The zero-order chi connectivity index (χ0) is 16.9. The van der Waals surface area contributed by atoms with E-state index in [0.717, 1.165) is 10.0 Å². The van der Waals surface area contributed by atoms with Crippen molar-refractivity contribution >= 4 is 26.0 Å². The predicted octanol–water partition coefficient (Wildman–Crippen LogP) is 3.68. The molecule has 1 N–H and O–H groups in total. The number of ether oxygens (including phenoxy) is 1. The number of nitrogens with one attached hydrogen (secondary N) is 1. The third-order valence-corrected chi connectivity index (χ3v) is 5.88. The molecule has 0 saturated carbocycles. The second-order valence-corrected chi connectivity index (χ2v) is 7.88. The summed E-state index contributed by atoms with van der Waals surface area (Å²) in [7, 11) is -1.99. The van der Waals surface area contributed by atoms with Crippen LogP contribution < -0.4 is 4.72 Å². The van der Waals surface area contributed by atoms with Crippen LogP contribution in [-0.2, 0) is 20.4 Å². The van der Waals surface area contributed by atoms with E-state index in [-0.39, 0.29) is 11.4 Å². The van der Waals surface area contributed by atoms with Crippen LogP contribution in [0, 0.1) is 0 Å². The molecule has 0 radical (unpaired) electrons. The molecule has 0 amide bonds. The van der Waals surface area contributed by atoms with E-state index in [1.165, 1.54) is 0 Å². The average Bonchev–Trinajstić information content (AvgIpc) is 2.58. The fourth-order valence-corrected chi connectivity index (χ4v) is 3.76. The minimum Gasteiger partial charge on any atom is -0.372 e. The topological polar surface area (TPSA) is 55.4 Å². The summed E-state index contributed by atoms with van der Waals surface area (Å²) in [5.74, 6) is 0. The van der Waals surface area contributed by atoms with Crippen LogP contribution in [0.2, 0.25) is 0 Å². The van der Waals surface area contributed by atoms with Crippen molar-refractivity contribution in [3.05, 3.63) is 64.6 Å². The zero-order valence-electron chi connectivity index (χ0n) is 13.1. The number of rotatable bonds is 7. The molecule has 0 aromatic heterocycles. The van der Waals surface area contributed by atoms with Gasteiger partial charge in [0.1, 0.15) is 5.60 Å². The fraction of sp³-hybridized carbons (Fsp3) is 0.294. The van der Waals surface area contributed by atoms with Gasteiger partial charge in [0.15, 0.2) is 0 Å². The van der Waals surface area contributed by atoms with Gasteiger partial charge in [0.25, 0.3) is 0 Å². The lowest BCUT2D eigenvalue weighted by Gasteiger charge is -2.32. The maximum atomic E-state index is 12.5. The fourth-order valence-electron chi connectivity index (χ4n) is 2.42. The monoisotopic (exact) mass is 397 g/mol. The number of hydrogen-bond acceptors (Lipinski definition) is 3. The van der Waals surface area contributed by atoms with Crippen molar-refractivity contribution in [3.8, 4) is 0 Å². The maximum absolute atomic E-state index is 12.5. The quantitative estimate of drug-likeness (QED) is 0.774. The van der Waals surface area contributed by atoms with E-state index in [4.69, 9.17) is 4.74 Å². The third kappa shape index (κ3) is 4.20. The first-order valence-corrected chi connectivity index (χ1v) is 9.57. The van der Waals surface area contributed by atoms with Crippen molar-refractivity contribution in [3.63, 3.8) is 0 Å². The summed E-state index contributed by atoms with van der Waals surface area (Å²) >= 11 is 3.30. The van der Waals surface area contributed by atoms with Crippen LogP contribution in [0.5, 0.6) is 0 Å². The molecule has 2 rings (SSSR count). The Kier molecular flexibility index (Phi) is 5.97. The number of halogens is 1. The molecule has 4 nitrogen and oxygen atoms in total. The van der Waals surface area contributed by atoms with E-state index >= 15 is 0 Å². The van der Waals surface area contributed by atoms with Crippen molar-refractivity contribution in [2.45, 2.75) is 23.8 Å². The van der Waals surface area contributed by atoms with E-state index in [1.54, 1.807) is 31.4 Å².